The SMILES string of the molecule is CCN1C(=S)N[C@H](c2cccc(NC(=O)c3ccccc3)c2)C(C(=O)OC(C)C)=C1C. The molecule has 0 aromatic heterocycles. The fourth-order valence-electron chi connectivity index (χ4n) is 3.54. The van der Waals surface area contributed by atoms with Gasteiger partial charge in [-0.25, -0.2) is 4.79 Å². The molecular weight excluding hydrogens is 410 g/mol. The Morgan fingerprint density at radius 2 is 1.87 bits per heavy atom. The van der Waals surface area contributed by atoms with Gasteiger partial charge >= 0.3 is 5.97 Å². The summed E-state index contributed by atoms with van der Waals surface area (Å²) >= 11 is 5.53. The van der Waals surface area contributed by atoms with Gasteiger partial charge in [0, 0.05) is 23.5 Å². The molecule has 6 nitrogen and oxygen atoms in total. The number of anilines is 1. The van der Waals surface area contributed by atoms with E-state index in [1.807, 2.05) is 75.1 Å². The van der Waals surface area contributed by atoms with Gasteiger partial charge in [0.15, 0.2) is 5.11 Å². The first-order chi connectivity index (χ1) is 14.8. The number of nitrogens with zero attached hydrogens (tertiary/aromatic N) is 1. The minimum Gasteiger partial charge on any atom is -0.459 e. The van der Waals surface area contributed by atoms with Crippen LogP contribution in [0.1, 0.15) is 49.7 Å². The van der Waals surface area contributed by atoms with Crippen molar-refractivity contribution in [3.05, 3.63) is 77.0 Å². The van der Waals surface area contributed by atoms with Crippen molar-refractivity contribution in [3.63, 3.8) is 0 Å². The number of thiocarbonyl (C=S) groups is 1. The van der Waals surface area contributed by atoms with Crippen molar-refractivity contribution in [2.45, 2.75) is 39.8 Å². The van der Waals surface area contributed by atoms with E-state index in [0.29, 0.717) is 28.5 Å². The molecule has 1 amide bonds. The standard InChI is InChI=1S/C24H27N3O3S/c1-5-27-16(4)20(23(29)30-15(2)3)21(26-24(27)31)18-12-9-13-19(14-18)25-22(28)17-10-7-6-8-11-17/h6-15,21H,5H2,1-4H3,(H,25,28)(H,26,31)/t21-/m1/s1. The van der Waals surface area contributed by atoms with Gasteiger partial charge in [-0.1, -0.05) is 30.3 Å². The summed E-state index contributed by atoms with van der Waals surface area (Å²) in [5, 5.41) is 6.73. The predicted molar refractivity (Wildman–Crippen MR) is 126 cm³/mol. The maximum Gasteiger partial charge on any atom is 0.338 e. The van der Waals surface area contributed by atoms with Crippen molar-refractivity contribution < 1.29 is 14.3 Å². The molecule has 0 unspecified atom stereocenters. The fraction of sp³-hybridized carbons (Fsp3) is 0.292. The molecule has 2 N–H and O–H groups in total. The first kappa shape index (κ1) is 22.5. The van der Waals surface area contributed by atoms with Crippen molar-refractivity contribution in [1.82, 2.24) is 10.2 Å². The molecule has 0 saturated carbocycles. The summed E-state index contributed by atoms with van der Waals surface area (Å²) in [5.41, 5.74) is 3.28. The minimum atomic E-state index is -0.477. The van der Waals surface area contributed by atoms with E-state index in [9.17, 15) is 9.59 Å². The quantitative estimate of drug-likeness (QED) is 0.515. The van der Waals surface area contributed by atoms with Crippen LogP contribution in [0.15, 0.2) is 65.9 Å². The smallest absolute Gasteiger partial charge is 0.338 e. The molecule has 7 heteroatoms. The fourth-order valence-corrected chi connectivity index (χ4v) is 3.93. The van der Waals surface area contributed by atoms with E-state index in [1.54, 1.807) is 12.1 Å². The molecule has 31 heavy (non-hydrogen) atoms. The Balaban J connectivity index is 1.95. The van der Waals surface area contributed by atoms with Gasteiger partial charge in [0.1, 0.15) is 0 Å². The molecule has 3 rings (SSSR count). The van der Waals surface area contributed by atoms with Crippen molar-refractivity contribution in [2.24, 2.45) is 0 Å². The molecule has 162 valence electrons. The van der Waals surface area contributed by atoms with Gasteiger partial charge in [-0.05, 0) is 69.7 Å². The Hall–Kier alpha value is -3.19. The highest BCUT2D eigenvalue weighted by atomic mass is 32.1. The van der Waals surface area contributed by atoms with Crippen molar-refractivity contribution in [3.8, 4) is 0 Å². The van der Waals surface area contributed by atoms with Crippen LogP contribution >= 0.6 is 12.2 Å². The molecule has 0 aliphatic carbocycles. The first-order valence-corrected chi connectivity index (χ1v) is 10.7. The normalized spacial score (nSPS) is 16.2. The lowest BCUT2D eigenvalue weighted by Gasteiger charge is -2.37. The van der Waals surface area contributed by atoms with Crippen molar-refractivity contribution in [2.75, 3.05) is 11.9 Å². The summed E-state index contributed by atoms with van der Waals surface area (Å²) in [6.45, 7) is 8.13. The average molecular weight is 438 g/mol. The lowest BCUT2D eigenvalue weighted by molar-refractivity contribution is -0.143. The predicted octanol–water partition coefficient (Wildman–Crippen LogP) is 4.42. The van der Waals surface area contributed by atoms with Gasteiger partial charge in [0.25, 0.3) is 5.91 Å². The molecule has 0 fully saturated rings. The third-order valence-corrected chi connectivity index (χ3v) is 5.33. The maximum atomic E-state index is 13.0. The van der Waals surface area contributed by atoms with E-state index in [1.165, 1.54) is 0 Å². The maximum absolute atomic E-state index is 13.0. The van der Waals surface area contributed by atoms with Gasteiger partial charge in [-0.2, -0.15) is 0 Å². The highest BCUT2D eigenvalue weighted by molar-refractivity contribution is 7.80. The lowest BCUT2D eigenvalue weighted by atomic mass is 9.94. The van der Waals surface area contributed by atoms with Crippen molar-refractivity contribution >= 4 is 34.9 Å². The number of allylic oxidation sites excluding steroid dienone is 1. The monoisotopic (exact) mass is 437 g/mol. The molecule has 0 saturated heterocycles. The molecule has 0 spiro atoms. The van der Waals surface area contributed by atoms with Gasteiger partial charge in [0.2, 0.25) is 0 Å². The molecule has 2 aromatic carbocycles. The van der Waals surface area contributed by atoms with Gasteiger partial charge in [-0.3, -0.25) is 4.79 Å². The second-order valence-electron chi connectivity index (χ2n) is 7.53. The molecule has 0 radical (unpaired) electrons. The Morgan fingerprint density at radius 1 is 1.16 bits per heavy atom. The highest BCUT2D eigenvalue weighted by Crippen LogP contribution is 2.32. The van der Waals surface area contributed by atoms with Gasteiger partial charge in [-0.15, -0.1) is 0 Å². The zero-order chi connectivity index (χ0) is 22.5. The Bertz CT molecular complexity index is 1020. The van der Waals surface area contributed by atoms with E-state index >= 15 is 0 Å². The number of ether oxygens (including phenoxy) is 1. The lowest BCUT2D eigenvalue weighted by Crippen LogP contribution is -2.47. The number of amides is 1. The number of rotatable bonds is 6. The van der Waals surface area contributed by atoms with Crippen LogP contribution in [0.4, 0.5) is 5.69 Å². The van der Waals surface area contributed by atoms with Crippen LogP contribution in [0.2, 0.25) is 0 Å². The second-order valence-corrected chi connectivity index (χ2v) is 7.91. The van der Waals surface area contributed by atoms with Crippen LogP contribution in [0.3, 0.4) is 0 Å². The zero-order valence-electron chi connectivity index (χ0n) is 18.1. The number of carbonyl (C=O) groups excluding carboxylic acids is 2. The van der Waals surface area contributed by atoms with Crippen LogP contribution in [0.25, 0.3) is 0 Å². The minimum absolute atomic E-state index is 0.201. The first-order valence-electron chi connectivity index (χ1n) is 10.3. The molecule has 0 bridgehead atoms. The molecule has 2 aromatic rings. The van der Waals surface area contributed by atoms with E-state index < -0.39 is 6.04 Å². The number of nitrogens with one attached hydrogen (secondary N) is 2. The number of hydrogen-bond donors (Lipinski definition) is 2. The van der Waals surface area contributed by atoms with Gasteiger partial charge in [0.05, 0.1) is 17.7 Å². The molecule has 1 heterocycles. The summed E-state index contributed by atoms with van der Waals surface area (Å²) in [4.78, 5) is 27.4. The van der Waals surface area contributed by atoms with E-state index in [2.05, 4.69) is 10.6 Å². The third-order valence-electron chi connectivity index (χ3n) is 4.99. The average Bonchev–Trinajstić information content (AvgIpc) is 2.73. The number of hydrogen-bond acceptors (Lipinski definition) is 4. The van der Waals surface area contributed by atoms with Crippen LogP contribution in [0, 0.1) is 0 Å². The molecule has 1 atom stereocenters. The zero-order valence-corrected chi connectivity index (χ0v) is 19.0. The molecular formula is C24H27N3O3S. The largest absolute Gasteiger partial charge is 0.459 e. The van der Waals surface area contributed by atoms with Crippen molar-refractivity contribution in [1.29, 1.82) is 0 Å². The van der Waals surface area contributed by atoms with Crippen LogP contribution < -0.4 is 10.6 Å². The Morgan fingerprint density at radius 3 is 2.52 bits per heavy atom. The number of carbonyl (C=O) groups is 2. The summed E-state index contributed by atoms with van der Waals surface area (Å²) in [7, 11) is 0. The highest BCUT2D eigenvalue weighted by Gasteiger charge is 2.34. The molecule has 1 aliphatic heterocycles. The topological polar surface area (TPSA) is 70.7 Å². The van der Waals surface area contributed by atoms with Crippen LogP contribution in [-0.4, -0.2) is 34.5 Å². The summed E-state index contributed by atoms with van der Waals surface area (Å²) in [6.07, 6.45) is -0.242. The number of esters is 1. The summed E-state index contributed by atoms with van der Waals surface area (Å²) < 4.78 is 5.52. The number of benzene rings is 2. The Labute approximate surface area is 188 Å². The van der Waals surface area contributed by atoms with E-state index in [4.69, 9.17) is 17.0 Å². The third kappa shape index (κ3) is 5.11. The second kappa shape index (κ2) is 9.75. The van der Waals surface area contributed by atoms with E-state index in [-0.39, 0.29) is 18.0 Å². The summed E-state index contributed by atoms with van der Waals surface area (Å²) in [6, 6.07) is 15.9. The van der Waals surface area contributed by atoms with E-state index in [0.717, 1.165) is 11.3 Å². The van der Waals surface area contributed by atoms with Crippen LogP contribution in [-0.2, 0) is 9.53 Å². The summed E-state index contributed by atoms with van der Waals surface area (Å²) in [5.74, 6) is -0.585. The Kier molecular flexibility index (Phi) is 7.07. The van der Waals surface area contributed by atoms with Gasteiger partial charge < -0.3 is 20.3 Å². The molecule has 1 aliphatic rings. The van der Waals surface area contributed by atoms with Crippen LogP contribution in [0.5, 0.6) is 0 Å².